The highest BCUT2D eigenvalue weighted by molar-refractivity contribution is 7.99. The summed E-state index contributed by atoms with van der Waals surface area (Å²) in [7, 11) is 3.19. The Labute approximate surface area is 211 Å². The zero-order valence-electron chi connectivity index (χ0n) is 20.7. The SMILES string of the molecule is COc1cc(C(C)(C)c2cccc(OC)c2Oc2ccc(Sc3ccc(C)cc3)cc2)ccc1O. The fourth-order valence-electron chi connectivity index (χ4n) is 3.93. The number of aromatic hydroxyl groups is 1. The van der Waals surface area contributed by atoms with Crippen LogP contribution in [0.1, 0.15) is 30.5 Å². The van der Waals surface area contributed by atoms with E-state index in [9.17, 15) is 5.11 Å². The van der Waals surface area contributed by atoms with Gasteiger partial charge in [-0.2, -0.15) is 0 Å². The van der Waals surface area contributed by atoms with E-state index in [1.165, 1.54) is 10.5 Å². The molecule has 0 radical (unpaired) electrons. The molecule has 1 N–H and O–H groups in total. The van der Waals surface area contributed by atoms with Crippen LogP contribution in [0.5, 0.6) is 28.7 Å². The molecule has 4 aromatic rings. The minimum atomic E-state index is -0.452. The minimum absolute atomic E-state index is 0.109. The number of hydrogen-bond acceptors (Lipinski definition) is 5. The smallest absolute Gasteiger partial charge is 0.173 e. The predicted molar refractivity (Wildman–Crippen MR) is 142 cm³/mol. The lowest BCUT2D eigenvalue weighted by Crippen LogP contribution is -2.20. The van der Waals surface area contributed by atoms with E-state index < -0.39 is 5.41 Å². The summed E-state index contributed by atoms with van der Waals surface area (Å²) >= 11 is 1.72. The summed E-state index contributed by atoms with van der Waals surface area (Å²) in [6, 6.07) is 27.9. The molecule has 0 spiro atoms. The Hall–Kier alpha value is -3.57. The molecule has 0 aliphatic rings. The summed E-state index contributed by atoms with van der Waals surface area (Å²) in [5.41, 5.74) is 2.74. The molecule has 0 unspecified atom stereocenters. The Morgan fingerprint density at radius 2 is 1.37 bits per heavy atom. The number of para-hydroxylation sites is 1. The van der Waals surface area contributed by atoms with Gasteiger partial charge in [0.1, 0.15) is 5.75 Å². The molecular weight excluding hydrogens is 456 g/mol. The van der Waals surface area contributed by atoms with Crippen molar-refractivity contribution in [2.24, 2.45) is 0 Å². The number of hydrogen-bond donors (Lipinski definition) is 1. The van der Waals surface area contributed by atoms with Crippen molar-refractivity contribution < 1.29 is 19.3 Å². The first-order chi connectivity index (χ1) is 16.8. The van der Waals surface area contributed by atoms with Gasteiger partial charge < -0.3 is 19.3 Å². The van der Waals surface area contributed by atoms with Crippen molar-refractivity contribution in [1.29, 1.82) is 0 Å². The zero-order chi connectivity index (χ0) is 25.0. The quantitative estimate of drug-likeness (QED) is 0.273. The summed E-state index contributed by atoms with van der Waals surface area (Å²) in [5, 5.41) is 10.1. The molecule has 4 aromatic carbocycles. The maximum Gasteiger partial charge on any atom is 0.173 e. The van der Waals surface area contributed by atoms with E-state index in [0.717, 1.165) is 21.8 Å². The Morgan fingerprint density at radius 3 is 2.00 bits per heavy atom. The van der Waals surface area contributed by atoms with Crippen molar-refractivity contribution in [2.45, 2.75) is 36.0 Å². The van der Waals surface area contributed by atoms with E-state index >= 15 is 0 Å². The van der Waals surface area contributed by atoms with E-state index in [4.69, 9.17) is 14.2 Å². The number of rotatable bonds is 8. The molecule has 4 nitrogen and oxygen atoms in total. The molecule has 0 aliphatic heterocycles. The van der Waals surface area contributed by atoms with Crippen molar-refractivity contribution in [3.05, 3.63) is 102 Å². The molecule has 0 heterocycles. The van der Waals surface area contributed by atoms with Crippen LogP contribution >= 0.6 is 11.8 Å². The summed E-state index contributed by atoms with van der Waals surface area (Å²) in [6.45, 7) is 6.32. The van der Waals surface area contributed by atoms with E-state index in [-0.39, 0.29) is 5.75 Å². The van der Waals surface area contributed by atoms with Crippen LogP contribution in [-0.4, -0.2) is 19.3 Å². The number of ether oxygens (including phenoxy) is 3. The lowest BCUT2D eigenvalue weighted by Gasteiger charge is -2.29. The summed E-state index contributed by atoms with van der Waals surface area (Å²) in [6.07, 6.45) is 0. The van der Waals surface area contributed by atoms with Gasteiger partial charge in [0.25, 0.3) is 0 Å². The summed E-state index contributed by atoms with van der Waals surface area (Å²) in [4.78, 5) is 2.33. The first kappa shape index (κ1) is 24.6. The largest absolute Gasteiger partial charge is 0.504 e. The standard InChI is InChI=1S/C30H30O4S/c1-20-9-14-23(15-10-20)35-24-16-12-22(13-17-24)34-29-25(7-6-8-27(29)32-4)30(2,3)21-11-18-26(31)28(19-21)33-5/h6-19,31H,1-5H3. The fourth-order valence-corrected chi connectivity index (χ4v) is 4.75. The third-order valence-corrected chi connectivity index (χ3v) is 7.09. The molecule has 0 saturated heterocycles. The van der Waals surface area contributed by atoms with Crippen molar-refractivity contribution in [3.8, 4) is 28.7 Å². The van der Waals surface area contributed by atoms with Crippen LogP contribution < -0.4 is 14.2 Å². The molecule has 0 saturated carbocycles. The van der Waals surface area contributed by atoms with Gasteiger partial charge in [-0.15, -0.1) is 0 Å². The highest BCUT2D eigenvalue weighted by atomic mass is 32.2. The number of aryl methyl sites for hydroxylation is 1. The maximum atomic E-state index is 10.1. The van der Waals surface area contributed by atoms with Crippen LogP contribution in [0.15, 0.2) is 94.7 Å². The van der Waals surface area contributed by atoms with E-state index in [1.807, 2.05) is 42.5 Å². The summed E-state index contributed by atoms with van der Waals surface area (Å²) in [5.74, 6) is 2.58. The van der Waals surface area contributed by atoms with Crippen LogP contribution in [0.4, 0.5) is 0 Å². The van der Waals surface area contributed by atoms with Crippen molar-refractivity contribution >= 4 is 11.8 Å². The highest BCUT2D eigenvalue weighted by Gasteiger charge is 2.30. The Kier molecular flexibility index (Phi) is 7.27. The molecule has 0 aliphatic carbocycles. The molecule has 0 fully saturated rings. The van der Waals surface area contributed by atoms with Crippen LogP contribution in [0.2, 0.25) is 0 Å². The lowest BCUT2D eigenvalue weighted by molar-refractivity contribution is 0.368. The molecule has 35 heavy (non-hydrogen) atoms. The van der Waals surface area contributed by atoms with Gasteiger partial charge >= 0.3 is 0 Å². The Morgan fingerprint density at radius 1 is 0.743 bits per heavy atom. The second-order valence-electron chi connectivity index (χ2n) is 8.84. The van der Waals surface area contributed by atoms with Gasteiger partial charge in [-0.25, -0.2) is 0 Å². The van der Waals surface area contributed by atoms with Crippen molar-refractivity contribution in [1.82, 2.24) is 0 Å². The second kappa shape index (κ2) is 10.4. The predicted octanol–water partition coefficient (Wildman–Crippen LogP) is 7.99. The van der Waals surface area contributed by atoms with Gasteiger partial charge in [0.15, 0.2) is 23.0 Å². The average Bonchev–Trinajstić information content (AvgIpc) is 2.86. The van der Waals surface area contributed by atoms with Crippen LogP contribution in [0.3, 0.4) is 0 Å². The van der Waals surface area contributed by atoms with E-state index in [0.29, 0.717) is 17.2 Å². The first-order valence-electron chi connectivity index (χ1n) is 11.4. The molecular formula is C30H30O4S. The normalized spacial score (nSPS) is 11.2. The van der Waals surface area contributed by atoms with Crippen molar-refractivity contribution in [3.63, 3.8) is 0 Å². The number of benzene rings is 4. The first-order valence-corrected chi connectivity index (χ1v) is 12.2. The molecule has 5 heteroatoms. The third kappa shape index (κ3) is 5.41. The monoisotopic (exact) mass is 486 g/mol. The lowest BCUT2D eigenvalue weighted by atomic mass is 9.77. The van der Waals surface area contributed by atoms with Crippen LogP contribution in [-0.2, 0) is 5.41 Å². The van der Waals surface area contributed by atoms with Gasteiger partial charge in [-0.1, -0.05) is 61.5 Å². The van der Waals surface area contributed by atoms with E-state index in [1.54, 1.807) is 32.0 Å². The van der Waals surface area contributed by atoms with Crippen molar-refractivity contribution in [2.75, 3.05) is 14.2 Å². The minimum Gasteiger partial charge on any atom is -0.504 e. The zero-order valence-corrected chi connectivity index (χ0v) is 21.5. The number of phenols is 1. The number of methoxy groups -OCH3 is 2. The van der Waals surface area contributed by atoms with Crippen LogP contribution in [0.25, 0.3) is 0 Å². The molecule has 0 aromatic heterocycles. The molecule has 180 valence electrons. The molecule has 0 atom stereocenters. The topological polar surface area (TPSA) is 47.9 Å². The number of phenolic OH excluding ortho intramolecular Hbond substituents is 1. The fraction of sp³-hybridized carbons (Fsp3) is 0.200. The average molecular weight is 487 g/mol. The van der Waals surface area contributed by atoms with Gasteiger partial charge in [-0.05, 0) is 67.1 Å². The van der Waals surface area contributed by atoms with Gasteiger partial charge in [-0.3, -0.25) is 0 Å². The molecule has 0 amide bonds. The molecule has 4 rings (SSSR count). The van der Waals surface area contributed by atoms with Crippen LogP contribution in [0, 0.1) is 6.92 Å². The Bertz CT molecular complexity index is 1300. The second-order valence-corrected chi connectivity index (χ2v) is 9.98. The highest BCUT2D eigenvalue weighted by Crippen LogP contribution is 2.45. The van der Waals surface area contributed by atoms with Gasteiger partial charge in [0, 0.05) is 20.8 Å². The van der Waals surface area contributed by atoms with E-state index in [2.05, 4.69) is 57.2 Å². The molecule has 0 bridgehead atoms. The Balaban J connectivity index is 1.64. The maximum absolute atomic E-state index is 10.1. The van der Waals surface area contributed by atoms with Gasteiger partial charge in [0.2, 0.25) is 0 Å². The van der Waals surface area contributed by atoms with Gasteiger partial charge in [0.05, 0.1) is 14.2 Å². The third-order valence-electron chi connectivity index (χ3n) is 6.07. The summed E-state index contributed by atoms with van der Waals surface area (Å²) < 4.78 is 17.4.